The Morgan fingerprint density at radius 2 is 2.00 bits per heavy atom. The van der Waals surface area contributed by atoms with Crippen molar-refractivity contribution in [2.24, 2.45) is 0 Å². The summed E-state index contributed by atoms with van der Waals surface area (Å²) in [5.41, 5.74) is 1.13. The lowest BCUT2D eigenvalue weighted by molar-refractivity contribution is -0.134. The van der Waals surface area contributed by atoms with Gasteiger partial charge in [-0.25, -0.2) is 8.42 Å². The molecular weight excluding hydrogens is 366 g/mol. The third-order valence-corrected chi connectivity index (χ3v) is 7.21. The van der Waals surface area contributed by atoms with Crippen LogP contribution in [0.4, 0.5) is 5.69 Å². The first kappa shape index (κ1) is 19.9. The van der Waals surface area contributed by atoms with E-state index >= 15 is 0 Å². The zero-order chi connectivity index (χ0) is 19.4. The molecule has 150 valence electrons. The second kappa shape index (κ2) is 8.48. The molecule has 0 N–H and O–H groups in total. The standard InChI is InChI=1S/C19H29N3O4S/c1-3-22(17-7-12-27(24,25)15-17)19(23)14-20-8-10-21(11-9-20)16-5-4-6-18(13-16)26-2/h4-6,13,17H,3,7-12,14-15H2,1-2H3/t17-/m1/s1. The van der Waals surface area contributed by atoms with Crippen LogP contribution in [-0.2, 0) is 14.6 Å². The van der Waals surface area contributed by atoms with Crippen LogP contribution in [0.1, 0.15) is 13.3 Å². The van der Waals surface area contributed by atoms with E-state index in [0.29, 0.717) is 19.5 Å². The van der Waals surface area contributed by atoms with Crippen LogP contribution in [0.2, 0.25) is 0 Å². The minimum atomic E-state index is -2.99. The number of nitrogens with zero attached hydrogens (tertiary/aromatic N) is 3. The van der Waals surface area contributed by atoms with E-state index in [2.05, 4.69) is 15.9 Å². The van der Waals surface area contributed by atoms with E-state index < -0.39 is 9.84 Å². The monoisotopic (exact) mass is 395 g/mol. The summed E-state index contributed by atoms with van der Waals surface area (Å²) in [5, 5.41) is 0. The highest BCUT2D eigenvalue weighted by molar-refractivity contribution is 7.91. The zero-order valence-corrected chi connectivity index (χ0v) is 17.0. The Morgan fingerprint density at radius 3 is 2.59 bits per heavy atom. The van der Waals surface area contributed by atoms with Gasteiger partial charge >= 0.3 is 0 Å². The fraction of sp³-hybridized carbons (Fsp3) is 0.632. The van der Waals surface area contributed by atoms with Crippen molar-refractivity contribution in [3.63, 3.8) is 0 Å². The molecule has 2 heterocycles. The summed E-state index contributed by atoms with van der Waals surface area (Å²) in [5.74, 6) is 1.18. The van der Waals surface area contributed by atoms with Gasteiger partial charge in [0.05, 0.1) is 25.2 Å². The molecule has 2 aliphatic rings. The first-order valence-corrected chi connectivity index (χ1v) is 11.3. The number of hydrogen-bond acceptors (Lipinski definition) is 6. The van der Waals surface area contributed by atoms with E-state index in [0.717, 1.165) is 37.6 Å². The number of sulfone groups is 1. The van der Waals surface area contributed by atoms with Crippen molar-refractivity contribution < 1.29 is 17.9 Å². The van der Waals surface area contributed by atoms with Crippen LogP contribution in [0.5, 0.6) is 5.75 Å². The van der Waals surface area contributed by atoms with Gasteiger partial charge in [-0.3, -0.25) is 9.69 Å². The highest BCUT2D eigenvalue weighted by atomic mass is 32.2. The maximum Gasteiger partial charge on any atom is 0.237 e. The Balaban J connectivity index is 1.53. The molecule has 2 aliphatic heterocycles. The molecule has 0 radical (unpaired) electrons. The average molecular weight is 396 g/mol. The van der Waals surface area contributed by atoms with E-state index in [1.54, 1.807) is 12.0 Å². The van der Waals surface area contributed by atoms with Gasteiger partial charge in [0.1, 0.15) is 5.75 Å². The molecule has 1 aromatic carbocycles. The smallest absolute Gasteiger partial charge is 0.237 e. The van der Waals surface area contributed by atoms with Crippen LogP contribution in [-0.4, -0.2) is 88.1 Å². The lowest BCUT2D eigenvalue weighted by Gasteiger charge is -2.37. The Bertz CT molecular complexity index is 760. The molecule has 1 amide bonds. The van der Waals surface area contributed by atoms with Gasteiger partial charge in [0, 0.05) is 50.5 Å². The van der Waals surface area contributed by atoms with Crippen LogP contribution in [0, 0.1) is 0 Å². The minimum Gasteiger partial charge on any atom is -0.497 e. The number of ether oxygens (including phenoxy) is 1. The molecule has 7 nitrogen and oxygen atoms in total. The quantitative estimate of drug-likeness (QED) is 0.711. The topological polar surface area (TPSA) is 70.2 Å². The van der Waals surface area contributed by atoms with Gasteiger partial charge < -0.3 is 14.5 Å². The van der Waals surface area contributed by atoms with Crippen molar-refractivity contribution in [1.82, 2.24) is 9.80 Å². The Labute approximate surface area is 161 Å². The molecule has 8 heteroatoms. The van der Waals surface area contributed by atoms with Crippen molar-refractivity contribution in [2.75, 3.05) is 62.8 Å². The molecule has 0 bridgehead atoms. The van der Waals surface area contributed by atoms with Crippen LogP contribution in [0.15, 0.2) is 24.3 Å². The molecule has 1 aromatic rings. The highest BCUT2D eigenvalue weighted by Crippen LogP contribution is 2.22. The third-order valence-electron chi connectivity index (χ3n) is 5.46. The van der Waals surface area contributed by atoms with E-state index in [1.165, 1.54) is 0 Å². The fourth-order valence-corrected chi connectivity index (χ4v) is 5.64. The van der Waals surface area contributed by atoms with Gasteiger partial charge in [-0.2, -0.15) is 0 Å². The molecule has 0 aromatic heterocycles. The van der Waals surface area contributed by atoms with Gasteiger partial charge in [-0.1, -0.05) is 6.07 Å². The predicted octanol–water partition coefficient (Wildman–Crippen LogP) is 0.853. The van der Waals surface area contributed by atoms with E-state index in [9.17, 15) is 13.2 Å². The number of hydrogen-bond donors (Lipinski definition) is 0. The molecule has 2 fully saturated rings. The van der Waals surface area contributed by atoms with E-state index in [4.69, 9.17) is 4.74 Å². The van der Waals surface area contributed by atoms with E-state index in [-0.39, 0.29) is 23.5 Å². The average Bonchev–Trinajstić information content (AvgIpc) is 3.02. The van der Waals surface area contributed by atoms with Crippen LogP contribution < -0.4 is 9.64 Å². The second-order valence-electron chi connectivity index (χ2n) is 7.20. The highest BCUT2D eigenvalue weighted by Gasteiger charge is 2.34. The summed E-state index contributed by atoms with van der Waals surface area (Å²) < 4.78 is 28.7. The summed E-state index contributed by atoms with van der Waals surface area (Å²) in [6, 6.07) is 7.86. The van der Waals surface area contributed by atoms with Gasteiger partial charge in [-0.05, 0) is 25.5 Å². The number of carbonyl (C=O) groups excluding carboxylic acids is 1. The molecule has 0 spiro atoms. The molecule has 0 unspecified atom stereocenters. The van der Waals surface area contributed by atoms with Crippen molar-refractivity contribution in [3.8, 4) is 5.75 Å². The Kier molecular flexibility index (Phi) is 6.26. The Hall–Kier alpha value is -1.80. The number of carbonyl (C=O) groups is 1. The third kappa shape index (κ3) is 4.93. The molecular formula is C19H29N3O4S. The molecule has 0 aliphatic carbocycles. The lowest BCUT2D eigenvalue weighted by Crippen LogP contribution is -2.51. The van der Waals surface area contributed by atoms with Gasteiger partial charge in [0.15, 0.2) is 9.84 Å². The van der Waals surface area contributed by atoms with Crippen molar-refractivity contribution in [2.45, 2.75) is 19.4 Å². The van der Waals surface area contributed by atoms with Crippen molar-refractivity contribution >= 4 is 21.4 Å². The fourth-order valence-electron chi connectivity index (χ4n) is 3.91. The summed E-state index contributed by atoms with van der Waals surface area (Å²) in [4.78, 5) is 18.9. The molecule has 27 heavy (non-hydrogen) atoms. The maximum atomic E-state index is 12.7. The molecule has 0 saturated carbocycles. The first-order chi connectivity index (χ1) is 12.9. The maximum absolute atomic E-state index is 12.7. The normalized spacial score (nSPS) is 22.6. The summed E-state index contributed by atoms with van der Waals surface area (Å²) in [7, 11) is -1.32. The number of methoxy groups -OCH3 is 1. The summed E-state index contributed by atoms with van der Waals surface area (Å²) >= 11 is 0. The van der Waals surface area contributed by atoms with Crippen LogP contribution in [0.25, 0.3) is 0 Å². The molecule has 2 saturated heterocycles. The zero-order valence-electron chi connectivity index (χ0n) is 16.1. The van der Waals surface area contributed by atoms with Crippen LogP contribution >= 0.6 is 0 Å². The largest absolute Gasteiger partial charge is 0.497 e. The second-order valence-corrected chi connectivity index (χ2v) is 9.43. The number of benzene rings is 1. The number of piperazine rings is 1. The van der Waals surface area contributed by atoms with E-state index in [1.807, 2.05) is 25.1 Å². The van der Waals surface area contributed by atoms with Crippen LogP contribution in [0.3, 0.4) is 0 Å². The SMILES string of the molecule is CCN(C(=O)CN1CCN(c2cccc(OC)c2)CC1)[C@@H]1CCS(=O)(=O)C1. The summed E-state index contributed by atoms with van der Waals surface area (Å²) in [6.07, 6.45) is 0.561. The van der Waals surface area contributed by atoms with Gasteiger partial charge in [-0.15, -0.1) is 0 Å². The van der Waals surface area contributed by atoms with Crippen molar-refractivity contribution in [3.05, 3.63) is 24.3 Å². The molecule has 3 rings (SSSR count). The van der Waals surface area contributed by atoms with Gasteiger partial charge in [0.25, 0.3) is 0 Å². The number of amides is 1. The number of rotatable bonds is 6. The van der Waals surface area contributed by atoms with Crippen molar-refractivity contribution in [1.29, 1.82) is 0 Å². The predicted molar refractivity (Wildman–Crippen MR) is 106 cm³/mol. The minimum absolute atomic E-state index is 0.0365. The Morgan fingerprint density at radius 1 is 1.26 bits per heavy atom. The number of anilines is 1. The van der Waals surface area contributed by atoms with Gasteiger partial charge in [0.2, 0.25) is 5.91 Å². The molecule has 1 atom stereocenters. The lowest BCUT2D eigenvalue weighted by atomic mass is 10.2. The number of likely N-dealkylation sites (N-methyl/N-ethyl adjacent to an activating group) is 1. The summed E-state index contributed by atoms with van der Waals surface area (Å²) in [6.45, 7) is 6.16. The first-order valence-electron chi connectivity index (χ1n) is 9.53.